The Kier molecular flexibility index (Phi) is 2.24. The number of hydrogen-bond acceptors (Lipinski definition) is 4. The van der Waals surface area contributed by atoms with Crippen molar-refractivity contribution in [1.82, 2.24) is 5.43 Å². The predicted octanol–water partition coefficient (Wildman–Crippen LogP) is -0.788. The van der Waals surface area contributed by atoms with Crippen molar-refractivity contribution in [2.75, 3.05) is 6.61 Å². The number of carbonyl (C=O) groups is 1. The van der Waals surface area contributed by atoms with Crippen LogP contribution in [0.2, 0.25) is 0 Å². The quantitative estimate of drug-likeness (QED) is 0.230. The highest BCUT2D eigenvalue weighted by Gasteiger charge is 2.10. The van der Waals surface area contributed by atoms with E-state index in [0.717, 1.165) is 0 Å². The summed E-state index contributed by atoms with van der Waals surface area (Å²) in [6, 6.07) is 0. The predicted molar refractivity (Wildman–Crippen MR) is 32.1 cm³/mol. The molecule has 0 aromatic heterocycles. The molecule has 0 bridgehead atoms. The van der Waals surface area contributed by atoms with E-state index in [2.05, 4.69) is 9.78 Å². The molecule has 0 fully saturated rings. The fraction of sp³-hybridized carbons (Fsp3) is 0.400. The van der Waals surface area contributed by atoms with Gasteiger partial charge >= 0.3 is 0 Å². The summed E-state index contributed by atoms with van der Waals surface area (Å²) in [6.07, 6.45) is 1.81. The van der Waals surface area contributed by atoms with Crippen LogP contribution in [-0.2, 0) is 14.6 Å². The molecular formula is C5H8N2O3. The highest BCUT2D eigenvalue weighted by molar-refractivity contribution is 5.77. The molecular weight excluding hydrogens is 136 g/mol. The van der Waals surface area contributed by atoms with E-state index >= 15 is 0 Å². The van der Waals surface area contributed by atoms with Crippen LogP contribution in [-0.4, -0.2) is 12.5 Å². The van der Waals surface area contributed by atoms with Crippen LogP contribution < -0.4 is 11.3 Å². The van der Waals surface area contributed by atoms with Crippen LogP contribution in [0.1, 0.15) is 6.42 Å². The van der Waals surface area contributed by atoms with Gasteiger partial charge in [0.1, 0.15) is 12.4 Å². The summed E-state index contributed by atoms with van der Waals surface area (Å²) in [5.74, 6) is 5.04. The van der Waals surface area contributed by atoms with Crippen molar-refractivity contribution in [1.29, 1.82) is 0 Å². The van der Waals surface area contributed by atoms with Crippen molar-refractivity contribution >= 4 is 5.91 Å². The first-order valence-corrected chi connectivity index (χ1v) is 2.81. The molecule has 1 amide bonds. The maximum absolute atomic E-state index is 10.6. The van der Waals surface area contributed by atoms with Crippen LogP contribution in [0.4, 0.5) is 0 Å². The molecule has 3 N–H and O–H groups in total. The molecule has 0 aromatic carbocycles. The fourth-order valence-corrected chi connectivity index (χ4v) is 0.582. The smallest absolute Gasteiger partial charge is 0.241 e. The Balaban J connectivity index is 2.30. The lowest BCUT2D eigenvalue weighted by molar-refractivity contribution is -0.235. The zero-order valence-electron chi connectivity index (χ0n) is 5.29. The second-order valence-electron chi connectivity index (χ2n) is 1.78. The van der Waals surface area contributed by atoms with Crippen molar-refractivity contribution in [3.63, 3.8) is 0 Å². The summed E-state index contributed by atoms with van der Waals surface area (Å²) in [6.45, 7) is 0.396. The number of rotatable bonds is 2. The minimum absolute atomic E-state index is 0.135. The Morgan fingerprint density at radius 1 is 1.90 bits per heavy atom. The van der Waals surface area contributed by atoms with E-state index in [-0.39, 0.29) is 12.3 Å². The average Bonchev–Trinajstić information content (AvgIpc) is 2.40. The lowest BCUT2D eigenvalue weighted by Gasteiger charge is -1.98. The number of amides is 1. The highest BCUT2D eigenvalue weighted by atomic mass is 17.2. The van der Waals surface area contributed by atoms with E-state index in [9.17, 15) is 4.79 Å². The maximum Gasteiger partial charge on any atom is 0.241 e. The van der Waals surface area contributed by atoms with Gasteiger partial charge in [0.15, 0.2) is 0 Å². The third-order valence-electron chi connectivity index (χ3n) is 1.04. The Morgan fingerprint density at radius 2 is 2.70 bits per heavy atom. The van der Waals surface area contributed by atoms with Gasteiger partial charge < -0.3 is 4.89 Å². The Morgan fingerprint density at radius 3 is 3.20 bits per heavy atom. The van der Waals surface area contributed by atoms with Gasteiger partial charge in [-0.2, -0.15) is 4.89 Å². The maximum atomic E-state index is 10.6. The van der Waals surface area contributed by atoms with E-state index in [0.29, 0.717) is 12.4 Å². The van der Waals surface area contributed by atoms with Gasteiger partial charge in [-0.25, -0.2) is 5.84 Å². The van der Waals surface area contributed by atoms with Gasteiger partial charge in [-0.1, -0.05) is 0 Å². The molecule has 1 aliphatic rings. The zero-order chi connectivity index (χ0) is 7.40. The number of nitrogens with two attached hydrogens (primary N) is 1. The SMILES string of the molecule is NNC(=O)CC1=CCOO1. The van der Waals surface area contributed by atoms with E-state index < -0.39 is 0 Å². The standard InChI is InChI=1S/C5H8N2O3/c6-7-5(8)3-4-1-2-9-10-4/h1H,2-3,6H2,(H,7,8). The van der Waals surface area contributed by atoms with Crippen molar-refractivity contribution in [2.45, 2.75) is 6.42 Å². The van der Waals surface area contributed by atoms with Gasteiger partial charge in [0.25, 0.3) is 0 Å². The molecule has 0 saturated heterocycles. The Labute approximate surface area is 57.7 Å². The molecule has 0 spiro atoms. The van der Waals surface area contributed by atoms with Crippen LogP contribution in [0.3, 0.4) is 0 Å². The van der Waals surface area contributed by atoms with Gasteiger partial charge in [-0.05, 0) is 6.08 Å². The van der Waals surface area contributed by atoms with Gasteiger partial charge in [-0.3, -0.25) is 10.2 Å². The molecule has 0 aromatic rings. The second kappa shape index (κ2) is 3.19. The first kappa shape index (κ1) is 7.04. The van der Waals surface area contributed by atoms with Crippen molar-refractivity contribution < 1.29 is 14.6 Å². The number of carbonyl (C=O) groups excluding carboxylic acids is 1. The first-order valence-electron chi connectivity index (χ1n) is 2.81. The summed E-state index contributed by atoms with van der Waals surface area (Å²) < 4.78 is 0. The molecule has 1 heterocycles. The molecule has 1 rings (SSSR count). The molecule has 1 aliphatic heterocycles. The van der Waals surface area contributed by atoms with Crippen molar-refractivity contribution in [3.05, 3.63) is 11.8 Å². The van der Waals surface area contributed by atoms with Crippen LogP contribution in [0.5, 0.6) is 0 Å². The zero-order valence-corrected chi connectivity index (χ0v) is 5.29. The van der Waals surface area contributed by atoms with Crippen molar-refractivity contribution in [2.24, 2.45) is 5.84 Å². The van der Waals surface area contributed by atoms with Crippen molar-refractivity contribution in [3.8, 4) is 0 Å². The minimum atomic E-state index is -0.295. The Hall–Kier alpha value is -1.07. The summed E-state index contributed by atoms with van der Waals surface area (Å²) in [5, 5.41) is 0. The number of nitrogens with one attached hydrogen (secondary N) is 1. The van der Waals surface area contributed by atoms with Gasteiger partial charge in [-0.15, -0.1) is 0 Å². The minimum Gasteiger partial charge on any atom is -0.341 e. The van der Waals surface area contributed by atoms with Crippen LogP contribution >= 0.6 is 0 Å². The first-order chi connectivity index (χ1) is 4.83. The second-order valence-corrected chi connectivity index (χ2v) is 1.78. The van der Waals surface area contributed by atoms with Crippen LogP contribution in [0.15, 0.2) is 11.8 Å². The summed E-state index contributed by atoms with van der Waals surface area (Å²) in [5.41, 5.74) is 1.98. The lowest BCUT2D eigenvalue weighted by Crippen LogP contribution is -2.30. The van der Waals surface area contributed by atoms with Crippen LogP contribution in [0, 0.1) is 0 Å². The topological polar surface area (TPSA) is 73.6 Å². The summed E-state index contributed by atoms with van der Waals surface area (Å²) in [7, 11) is 0. The van der Waals surface area contributed by atoms with E-state index in [4.69, 9.17) is 5.84 Å². The molecule has 10 heavy (non-hydrogen) atoms. The molecule has 5 nitrogen and oxygen atoms in total. The normalized spacial score (nSPS) is 15.9. The van der Waals surface area contributed by atoms with E-state index in [1.54, 1.807) is 6.08 Å². The number of hydrogen-bond donors (Lipinski definition) is 2. The molecule has 0 radical (unpaired) electrons. The molecule has 0 aliphatic carbocycles. The largest absolute Gasteiger partial charge is 0.341 e. The highest BCUT2D eigenvalue weighted by Crippen LogP contribution is 2.09. The Bertz CT molecular complexity index is 166. The molecule has 0 atom stereocenters. The van der Waals surface area contributed by atoms with Gasteiger partial charge in [0.2, 0.25) is 5.91 Å². The molecule has 0 unspecified atom stereocenters. The average molecular weight is 144 g/mol. The van der Waals surface area contributed by atoms with E-state index in [1.165, 1.54) is 0 Å². The molecule has 0 saturated carbocycles. The van der Waals surface area contributed by atoms with E-state index in [1.807, 2.05) is 5.43 Å². The summed E-state index contributed by atoms with van der Waals surface area (Å²) >= 11 is 0. The lowest BCUT2D eigenvalue weighted by atomic mass is 10.3. The van der Waals surface area contributed by atoms with Crippen LogP contribution in [0.25, 0.3) is 0 Å². The summed E-state index contributed by atoms with van der Waals surface area (Å²) in [4.78, 5) is 19.6. The fourth-order valence-electron chi connectivity index (χ4n) is 0.582. The van der Waals surface area contributed by atoms with Gasteiger partial charge in [0.05, 0.1) is 6.42 Å². The number of hydrazine groups is 1. The monoisotopic (exact) mass is 144 g/mol. The molecule has 56 valence electrons. The molecule has 5 heteroatoms. The third-order valence-corrected chi connectivity index (χ3v) is 1.04. The van der Waals surface area contributed by atoms with Gasteiger partial charge in [0, 0.05) is 0 Å². The third kappa shape index (κ3) is 1.71.